The molecule has 1 heterocycles. The van der Waals surface area contributed by atoms with Gasteiger partial charge in [-0.15, -0.1) is 0 Å². The Bertz CT molecular complexity index is 261. The highest BCUT2D eigenvalue weighted by Gasteiger charge is 2.30. The van der Waals surface area contributed by atoms with Gasteiger partial charge in [0.2, 0.25) is 5.91 Å². The van der Waals surface area contributed by atoms with Crippen molar-refractivity contribution in [1.29, 1.82) is 0 Å². The molecule has 0 aromatic heterocycles. The molecule has 1 amide bonds. The number of amides is 1. The summed E-state index contributed by atoms with van der Waals surface area (Å²) in [5.41, 5.74) is 5.25. The molecule has 0 spiro atoms. The SMILES string of the molecule is CCC(C)(CN)C(=O)NC(C)CN1CCOCC1. The summed E-state index contributed by atoms with van der Waals surface area (Å²) < 4.78 is 5.31. The van der Waals surface area contributed by atoms with Crippen LogP contribution in [-0.4, -0.2) is 56.2 Å². The standard InChI is InChI=1S/C13H27N3O2/c1-4-13(3,10-14)12(17)15-11(2)9-16-5-7-18-8-6-16/h11H,4-10,14H2,1-3H3,(H,15,17). The van der Waals surface area contributed by atoms with E-state index in [1.807, 2.05) is 20.8 Å². The Morgan fingerprint density at radius 1 is 1.50 bits per heavy atom. The van der Waals surface area contributed by atoms with Gasteiger partial charge in [-0.2, -0.15) is 0 Å². The monoisotopic (exact) mass is 257 g/mol. The van der Waals surface area contributed by atoms with E-state index in [0.717, 1.165) is 39.3 Å². The van der Waals surface area contributed by atoms with Crippen LogP contribution < -0.4 is 11.1 Å². The number of hydrogen-bond donors (Lipinski definition) is 2. The maximum atomic E-state index is 12.1. The van der Waals surface area contributed by atoms with Crippen molar-refractivity contribution >= 4 is 5.91 Å². The summed E-state index contributed by atoms with van der Waals surface area (Å²) in [7, 11) is 0. The quantitative estimate of drug-likeness (QED) is 0.713. The number of rotatable bonds is 6. The van der Waals surface area contributed by atoms with Crippen LogP contribution in [0.1, 0.15) is 27.2 Å². The van der Waals surface area contributed by atoms with Gasteiger partial charge in [0, 0.05) is 32.2 Å². The molecule has 0 aromatic rings. The van der Waals surface area contributed by atoms with Gasteiger partial charge in [-0.25, -0.2) is 0 Å². The molecule has 5 heteroatoms. The summed E-state index contributed by atoms with van der Waals surface area (Å²) in [6.07, 6.45) is 0.763. The van der Waals surface area contributed by atoms with Gasteiger partial charge < -0.3 is 15.8 Å². The lowest BCUT2D eigenvalue weighted by Gasteiger charge is -2.32. The highest BCUT2D eigenvalue weighted by molar-refractivity contribution is 5.82. The van der Waals surface area contributed by atoms with Gasteiger partial charge in [0.1, 0.15) is 0 Å². The molecule has 1 fully saturated rings. The van der Waals surface area contributed by atoms with Crippen LogP contribution in [0.4, 0.5) is 0 Å². The van der Waals surface area contributed by atoms with Crippen LogP contribution in [0.25, 0.3) is 0 Å². The number of morpholine rings is 1. The Labute approximate surface area is 110 Å². The van der Waals surface area contributed by atoms with Crippen molar-refractivity contribution in [2.45, 2.75) is 33.2 Å². The molecule has 18 heavy (non-hydrogen) atoms. The fraction of sp³-hybridized carbons (Fsp3) is 0.923. The zero-order chi connectivity index (χ0) is 13.6. The predicted octanol–water partition coefficient (Wildman–Crippen LogP) is 0.198. The third-order valence-corrected chi connectivity index (χ3v) is 3.79. The molecular formula is C13H27N3O2. The zero-order valence-corrected chi connectivity index (χ0v) is 11.9. The van der Waals surface area contributed by atoms with E-state index in [1.165, 1.54) is 0 Å². The number of carbonyl (C=O) groups excluding carboxylic acids is 1. The van der Waals surface area contributed by atoms with Crippen LogP contribution in [0.2, 0.25) is 0 Å². The van der Waals surface area contributed by atoms with E-state index in [0.29, 0.717) is 6.54 Å². The third kappa shape index (κ3) is 4.23. The minimum Gasteiger partial charge on any atom is -0.379 e. The molecule has 0 saturated carbocycles. The summed E-state index contributed by atoms with van der Waals surface area (Å²) >= 11 is 0. The first-order chi connectivity index (χ1) is 8.51. The van der Waals surface area contributed by atoms with E-state index in [2.05, 4.69) is 10.2 Å². The van der Waals surface area contributed by atoms with Crippen molar-refractivity contribution in [2.75, 3.05) is 39.4 Å². The largest absolute Gasteiger partial charge is 0.379 e. The summed E-state index contributed by atoms with van der Waals surface area (Å²) in [6.45, 7) is 10.7. The number of nitrogens with zero attached hydrogens (tertiary/aromatic N) is 1. The molecule has 0 aliphatic carbocycles. The van der Waals surface area contributed by atoms with Gasteiger partial charge >= 0.3 is 0 Å². The van der Waals surface area contributed by atoms with E-state index in [9.17, 15) is 4.79 Å². The minimum absolute atomic E-state index is 0.0632. The summed E-state index contributed by atoms with van der Waals surface area (Å²) in [4.78, 5) is 14.5. The number of carbonyl (C=O) groups is 1. The van der Waals surface area contributed by atoms with Crippen LogP contribution in [-0.2, 0) is 9.53 Å². The number of nitrogens with one attached hydrogen (secondary N) is 1. The van der Waals surface area contributed by atoms with E-state index < -0.39 is 5.41 Å². The average Bonchev–Trinajstić information content (AvgIpc) is 2.38. The molecule has 0 radical (unpaired) electrons. The molecule has 3 N–H and O–H groups in total. The molecule has 1 rings (SSSR count). The molecule has 1 aliphatic heterocycles. The second-order valence-electron chi connectivity index (χ2n) is 5.41. The van der Waals surface area contributed by atoms with Gasteiger partial charge in [-0.05, 0) is 20.3 Å². The maximum absolute atomic E-state index is 12.1. The van der Waals surface area contributed by atoms with Gasteiger partial charge in [0.25, 0.3) is 0 Å². The molecule has 2 unspecified atom stereocenters. The zero-order valence-electron chi connectivity index (χ0n) is 11.9. The van der Waals surface area contributed by atoms with Crippen molar-refractivity contribution in [3.05, 3.63) is 0 Å². The lowest BCUT2D eigenvalue weighted by Crippen LogP contribution is -2.51. The minimum atomic E-state index is -0.445. The van der Waals surface area contributed by atoms with E-state index in [-0.39, 0.29) is 11.9 Å². The second-order valence-corrected chi connectivity index (χ2v) is 5.41. The Balaban J connectivity index is 2.38. The topological polar surface area (TPSA) is 67.6 Å². The van der Waals surface area contributed by atoms with Gasteiger partial charge in [-0.1, -0.05) is 6.92 Å². The lowest BCUT2D eigenvalue weighted by atomic mass is 9.86. The van der Waals surface area contributed by atoms with Crippen LogP contribution in [0.5, 0.6) is 0 Å². The Morgan fingerprint density at radius 2 is 2.11 bits per heavy atom. The van der Waals surface area contributed by atoms with Crippen molar-refractivity contribution < 1.29 is 9.53 Å². The van der Waals surface area contributed by atoms with Crippen molar-refractivity contribution in [3.8, 4) is 0 Å². The van der Waals surface area contributed by atoms with E-state index in [4.69, 9.17) is 10.5 Å². The van der Waals surface area contributed by atoms with Crippen LogP contribution in [0.15, 0.2) is 0 Å². The number of ether oxygens (including phenoxy) is 1. The smallest absolute Gasteiger partial charge is 0.227 e. The van der Waals surface area contributed by atoms with Gasteiger partial charge in [0.15, 0.2) is 0 Å². The number of hydrogen-bond acceptors (Lipinski definition) is 4. The fourth-order valence-corrected chi connectivity index (χ4v) is 2.01. The molecule has 5 nitrogen and oxygen atoms in total. The Morgan fingerprint density at radius 3 is 2.61 bits per heavy atom. The predicted molar refractivity (Wildman–Crippen MR) is 72.3 cm³/mol. The first kappa shape index (κ1) is 15.4. The van der Waals surface area contributed by atoms with Crippen molar-refractivity contribution in [2.24, 2.45) is 11.1 Å². The molecular weight excluding hydrogens is 230 g/mol. The van der Waals surface area contributed by atoms with Crippen LogP contribution in [0.3, 0.4) is 0 Å². The van der Waals surface area contributed by atoms with E-state index >= 15 is 0 Å². The molecule has 1 saturated heterocycles. The van der Waals surface area contributed by atoms with Gasteiger partial charge in [0.05, 0.1) is 18.6 Å². The molecule has 0 bridgehead atoms. The summed E-state index contributed by atoms with van der Waals surface area (Å²) in [5.74, 6) is 0.0632. The molecule has 106 valence electrons. The van der Waals surface area contributed by atoms with E-state index in [1.54, 1.807) is 0 Å². The molecule has 0 aromatic carbocycles. The Hall–Kier alpha value is -0.650. The van der Waals surface area contributed by atoms with Gasteiger partial charge in [-0.3, -0.25) is 9.69 Å². The highest BCUT2D eigenvalue weighted by atomic mass is 16.5. The first-order valence-corrected chi connectivity index (χ1v) is 6.83. The highest BCUT2D eigenvalue weighted by Crippen LogP contribution is 2.19. The number of nitrogens with two attached hydrogens (primary N) is 1. The summed E-state index contributed by atoms with van der Waals surface area (Å²) in [6, 6.07) is 0.146. The van der Waals surface area contributed by atoms with Crippen molar-refractivity contribution in [1.82, 2.24) is 10.2 Å². The maximum Gasteiger partial charge on any atom is 0.227 e. The molecule has 2 atom stereocenters. The summed E-state index contributed by atoms with van der Waals surface area (Å²) in [5, 5.41) is 3.07. The fourth-order valence-electron chi connectivity index (χ4n) is 2.01. The lowest BCUT2D eigenvalue weighted by molar-refractivity contribution is -0.130. The normalized spacial score (nSPS) is 22.2. The third-order valence-electron chi connectivity index (χ3n) is 3.79. The van der Waals surface area contributed by atoms with Crippen LogP contribution in [0, 0.1) is 5.41 Å². The van der Waals surface area contributed by atoms with Crippen LogP contribution >= 0.6 is 0 Å². The van der Waals surface area contributed by atoms with Crippen molar-refractivity contribution in [3.63, 3.8) is 0 Å². The first-order valence-electron chi connectivity index (χ1n) is 6.83. The Kier molecular flexibility index (Phi) is 6.05. The second kappa shape index (κ2) is 7.07. The molecule has 1 aliphatic rings. The average molecular weight is 257 g/mol.